The highest BCUT2D eigenvalue weighted by atomic mass is 15.3. The van der Waals surface area contributed by atoms with Gasteiger partial charge in [-0.15, -0.1) is 0 Å². The van der Waals surface area contributed by atoms with E-state index in [4.69, 9.17) is 0 Å². The van der Waals surface area contributed by atoms with Crippen molar-refractivity contribution in [2.24, 2.45) is 5.92 Å². The molecular weight excluding hydrogens is 234 g/mol. The minimum Gasteiger partial charge on any atom is -0.314 e. The first-order chi connectivity index (χ1) is 9.11. The van der Waals surface area contributed by atoms with E-state index in [0.717, 1.165) is 24.0 Å². The Morgan fingerprint density at radius 2 is 1.79 bits per heavy atom. The predicted molar refractivity (Wildman–Crippen MR) is 82.5 cm³/mol. The zero-order chi connectivity index (χ0) is 13.8. The monoisotopic (exact) mass is 267 g/mol. The molecule has 2 rings (SSSR count). The van der Waals surface area contributed by atoms with Crippen molar-refractivity contribution in [3.63, 3.8) is 0 Å². The van der Waals surface area contributed by atoms with E-state index < -0.39 is 0 Å². The maximum absolute atomic E-state index is 3.69. The molecule has 1 saturated carbocycles. The molecule has 1 aliphatic heterocycles. The summed E-state index contributed by atoms with van der Waals surface area (Å²) in [6.07, 6.45) is 6.81. The van der Waals surface area contributed by atoms with Crippen molar-refractivity contribution in [1.29, 1.82) is 0 Å². The van der Waals surface area contributed by atoms with Gasteiger partial charge in [-0.1, -0.05) is 13.8 Å². The predicted octanol–water partition coefficient (Wildman–Crippen LogP) is 2.18. The maximum Gasteiger partial charge on any atom is 0.0254 e. The highest BCUT2D eigenvalue weighted by Gasteiger charge is 2.35. The van der Waals surface area contributed by atoms with E-state index in [-0.39, 0.29) is 0 Å². The molecule has 1 heterocycles. The van der Waals surface area contributed by atoms with Gasteiger partial charge in [0.2, 0.25) is 0 Å². The van der Waals surface area contributed by atoms with Crippen LogP contribution in [0.5, 0.6) is 0 Å². The minimum atomic E-state index is 0.760. The molecular formula is C16H33N3. The Bertz CT molecular complexity index is 259. The lowest BCUT2D eigenvalue weighted by atomic mass is 9.90. The Balaban J connectivity index is 1.76. The summed E-state index contributed by atoms with van der Waals surface area (Å²) in [6, 6.07) is 2.41. The van der Waals surface area contributed by atoms with Crippen LogP contribution in [0.2, 0.25) is 0 Å². The number of hydrogen-bond donors (Lipinski definition) is 1. The van der Waals surface area contributed by atoms with Crippen LogP contribution < -0.4 is 5.32 Å². The fourth-order valence-corrected chi connectivity index (χ4v) is 3.95. The molecule has 1 N–H and O–H groups in total. The van der Waals surface area contributed by atoms with Gasteiger partial charge >= 0.3 is 0 Å². The van der Waals surface area contributed by atoms with Crippen molar-refractivity contribution in [1.82, 2.24) is 15.1 Å². The molecule has 1 aliphatic carbocycles. The fourth-order valence-electron chi connectivity index (χ4n) is 3.95. The molecule has 2 aliphatic rings. The molecule has 0 aromatic heterocycles. The van der Waals surface area contributed by atoms with E-state index in [9.17, 15) is 0 Å². The molecule has 0 spiro atoms. The molecule has 0 aromatic rings. The van der Waals surface area contributed by atoms with E-state index in [0.29, 0.717) is 0 Å². The van der Waals surface area contributed by atoms with Crippen molar-refractivity contribution in [2.75, 3.05) is 33.7 Å². The molecule has 112 valence electrons. The first kappa shape index (κ1) is 15.3. The minimum absolute atomic E-state index is 0.760. The van der Waals surface area contributed by atoms with Crippen LogP contribution in [0.1, 0.15) is 46.0 Å². The highest BCUT2D eigenvalue weighted by Crippen LogP contribution is 2.29. The van der Waals surface area contributed by atoms with Gasteiger partial charge in [-0.3, -0.25) is 4.90 Å². The number of nitrogens with one attached hydrogen (secondary N) is 1. The lowest BCUT2D eigenvalue weighted by molar-refractivity contribution is 0.161. The quantitative estimate of drug-likeness (QED) is 0.824. The molecule has 2 atom stereocenters. The van der Waals surface area contributed by atoms with Crippen LogP contribution in [0.4, 0.5) is 0 Å². The van der Waals surface area contributed by atoms with Crippen LogP contribution in [0.15, 0.2) is 0 Å². The van der Waals surface area contributed by atoms with Gasteiger partial charge in [-0.2, -0.15) is 0 Å². The summed E-state index contributed by atoms with van der Waals surface area (Å²) in [7, 11) is 4.46. The third-order valence-electron chi connectivity index (χ3n) is 5.16. The number of nitrogens with zero attached hydrogens (tertiary/aromatic N) is 2. The number of likely N-dealkylation sites (N-methyl/N-ethyl adjacent to an activating group) is 1. The molecule has 3 nitrogen and oxygen atoms in total. The van der Waals surface area contributed by atoms with Crippen LogP contribution in [0.3, 0.4) is 0 Å². The zero-order valence-electron chi connectivity index (χ0n) is 13.4. The Morgan fingerprint density at radius 3 is 2.32 bits per heavy atom. The van der Waals surface area contributed by atoms with Gasteiger partial charge in [0.25, 0.3) is 0 Å². The normalized spacial score (nSPS) is 37.1. The zero-order valence-corrected chi connectivity index (χ0v) is 13.4. The van der Waals surface area contributed by atoms with Crippen LogP contribution in [-0.2, 0) is 0 Å². The van der Waals surface area contributed by atoms with Crippen LogP contribution in [0.25, 0.3) is 0 Å². The van der Waals surface area contributed by atoms with Crippen molar-refractivity contribution in [3.05, 3.63) is 0 Å². The van der Waals surface area contributed by atoms with E-state index in [1.165, 1.54) is 51.7 Å². The summed E-state index contributed by atoms with van der Waals surface area (Å²) in [4.78, 5) is 5.18. The highest BCUT2D eigenvalue weighted by molar-refractivity contribution is 4.92. The van der Waals surface area contributed by atoms with E-state index in [1.54, 1.807) is 0 Å². The molecule has 0 amide bonds. The van der Waals surface area contributed by atoms with Crippen LogP contribution in [-0.4, -0.2) is 61.7 Å². The van der Waals surface area contributed by atoms with E-state index in [2.05, 4.69) is 43.1 Å². The van der Waals surface area contributed by atoms with Crippen molar-refractivity contribution >= 4 is 0 Å². The summed E-state index contributed by atoms with van der Waals surface area (Å²) >= 11 is 0. The fraction of sp³-hybridized carbons (Fsp3) is 1.00. The van der Waals surface area contributed by atoms with E-state index >= 15 is 0 Å². The molecule has 3 heteroatoms. The molecule has 2 unspecified atom stereocenters. The summed E-state index contributed by atoms with van der Waals surface area (Å²) < 4.78 is 0. The third-order valence-corrected chi connectivity index (χ3v) is 5.16. The first-order valence-electron chi connectivity index (χ1n) is 8.25. The smallest absolute Gasteiger partial charge is 0.0254 e. The summed E-state index contributed by atoms with van der Waals surface area (Å²) in [5, 5.41) is 3.69. The Morgan fingerprint density at radius 1 is 1.11 bits per heavy atom. The van der Waals surface area contributed by atoms with Gasteiger partial charge in [-0.05, 0) is 58.7 Å². The average molecular weight is 267 g/mol. The molecule has 0 bridgehead atoms. The van der Waals surface area contributed by atoms with Crippen LogP contribution >= 0.6 is 0 Å². The van der Waals surface area contributed by atoms with Crippen molar-refractivity contribution in [3.8, 4) is 0 Å². The summed E-state index contributed by atoms with van der Waals surface area (Å²) in [6.45, 7) is 8.45. The second kappa shape index (κ2) is 7.05. The standard InChI is InChI=1S/C16H33N3/c1-5-10-17-14-6-8-15(9-7-14)19-11-13(2)16(12-19)18(3)4/h13-17H,5-12H2,1-4H3. The number of rotatable bonds is 5. The van der Waals surface area contributed by atoms with Gasteiger partial charge in [0, 0.05) is 31.2 Å². The molecule has 0 aromatic carbocycles. The largest absolute Gasteiger partial charge is 0.314 e. The SMILES string of the molecule is CCCNC1CCC(N2CC(C)C(N(C)C)C2)CC1. The summed E-state index contributed by atoms with van der Waals surface area (Å²) in [5.74, 6) is 0.825. The second-order valence-corrected chi connectivity index (χ2v) is 6.92. The molecule has 0 radical (unpaired) electrons. The number of hydrogen-bond acceptors (Lipinski definition) is 3. The molecule has 2 fully saturated rings. The van der Waals surface area contributed by atoms with E-state index in [1.807, 2.05) is 0 Å². The molecule has 19 heavy (non-hydrogen) atoms. The second-order valence-electron chi connectivity index (χ2n) is 6.92. The third kappa shape index (κ3) is 3.93. The maximum atomic E-state index is 3.69. The van der Waals surface area contributed by atoms with Crippen molar-refractivity contribution < 1.29 is 0 Å². The average Bonchev–Trinajstić information content (AvgIpc) is 2.79. The Labute approximate surface area is 119 Å². The summed E-state index contributed by atoms with van der Waals surface area (Å²) in [5.41, 5.74) is 0. The van der Waals surface area contributed by atoms with Gasteiger partial charge in [0.05, 0.1) is 0 Å². The lowest BCUT2D eigenvalue weighted by Gasteiger charge is -2.35. The van der Waals surface area contributed by atoms with Crippen molar-refractivity contribution in [2.45, 2.75) is 64.1 Å². The Kier molecular flexibility index (Phi) is 5.67. The lowest BCUT2D eigenvalue weighted by Crippen LogP contribution is -2.42. The van der Waals surface area contributed by atoms with Gasteiger partial charge in [0.1, 0.15) is 0 Å². The topological polar surface area (TPSA) is 18.5 Å². The Hall–Kier alpha value is -0.120. The van der Waals surface area contributed by atoms with Gasteiger partial charge in [-0.25, -0.2) is 0 Å². The van der Waals surface area contributed by atoms with Gasteiger partial charge in [0.15, 0.2) is 0 Å². The van der Waals surface area contributed by atoms with Gasteiger partial charge < -0.3 is 10.2 Å². The van der Waals surface area contributed by atoms with Crippen LogP contribution in [0, 0.1) is 5.92 Å². The first-order valence-corrected chi connectivity index (χ1v) is 8.25. The number of likely N-dealkylation sites (tertiary alicyclic amines) is 1. The molecule has 1 saturated heterocycles.